The van der Waals surface area contributed by atoms with Gasteiger partial charge < -0.3 is 5.32 Å². The van der Waals surface area contributed by atoms with Crippen molar-refractivity contribution in [2.24, 2.45) is 0 Å². The van der Waals surface area contributed by atoms with E-state index >= 15 is 0 Å². The smallest absolute Gasteiger partial charge is 0.273 e. The molecule has 0 aliphatic carbocycles. The Balaban J connectivity index is 1.70. The number of rotatable bonds is 4. The number of aromatic nitrogens is 3. The predicted molar refractivity (Wildman–Crippen MR) is 78.9 cm³/mol. The van der Waals surface area contributed by atoms with Crippen LogP contribution in [0.5, 0.6) is 0 Å². The molecule has 1 N–H and O–H groups in total. The first-order chi connectivity index (χ1) is 11.1. The minimum absolute atomic E-state index is 0.0400. The molecule has 1 aromatic heterocycles. The van der Waals surface area contributed by atoms with E-state index in [4.69, 9.17) is 0 Å². The molecule has 0 bridgehead atoms. The summed E-state index contributed by atoms with van der Waals surface area (Å²) in [6.45, 7) is 0.0400. The van der Waals surface area contributed by atoms with Crippen LogP contribution in [0.25, 0.3) is 5.69 Å². The third kappa shape index (κ3) is 3.39. The summed E-state index contributed by atoms with van der Waals surface area (Å²) in [7, 11) is 0. The molecule has 0 aliphatic heterocycles. The lowest BCUT2D eigenvalue weighted by atomic mass is 10.2. The number of nitrogens with one attached hydrogen (secondary N) is 1. The normalized spacial score (nSPS) is 10.5. The Morgan fingerprint density at radius 1 is 1.13 bits per heavy atom. The Bertz CT molecular complexity index is 847. The van der Waals surface area contributed by atoms with Crippen molar-refractivity contribution in [1.82, 2.24) is 20.3 Å². The monoisotopic (exact) mass is 314 g/mol. The van der Waals surface area contributed by atoms with Gasteiger partial charge in [0.15, 0.2) is 5.69 Å². The van der Waals surface area contributed by atoms with Crippen LogP contribution in [0.4, 0.5) is 8.78 Å². The van der Waals surface area contributed by atoms with Crippen LogP contribution in [0.15, 0.2) is 54.7 Å². The van der Waals surface area contributed by atoms with Gasteiger partial charge in [-0.3, -0.25) is 4.79 Å². The van der Waals surface area contributed by atoms with Crippen LogP contribution in [0.1, 0.15) is 16.1 Å². The highest BCUT2D eigenvalue weighted by Gasteiger charge is 2.12. The van der Waals surface area contributed by atoms with E-state index in [1.807, 2.05) is 0 Å². The standard InChI is InChI=1S/C16H12F2N4O/c17-12-5-3-6-13(8-12)22-10-15(20-21-22)16(23)19-9-11-4-1-2-7-14(11)18/h1-8,10H,9H2,(H,19,23). The highest BCUT2D eigenvalue weighted by Crippen LogP contribution is 2.09. The van der Waals surface area contributed by atoms with Crippen LogP contribution >= 0.6 is 0 Å². The average molecular weight is 314 g/mol. The van der Waals surface area contributed by atoms with E-state index in [1.165, 1.54) is 35.1 Å². The third-order valence-corrected chi connectivity index (χ3v) is 3.20. The lowest BCUT2D eigenvalue weighted by Crippen LogP contribution is -2.23. The first-order valence-electron chi connectivity index (χ1n) is 6.83. The molecule has 0 radical (unpaired) electrons. The summed E-state index contributed by atoms with van der Waals surface area (Å²) < 4.78 is 28.0. The van der Waals surface area contributed by atoms with E-state index < -0.39 is 17.5 Å². The quantitative estimate of drug-likeness (QED) is 0.805. The molecule has 0 unspecified atom stereocenters. The first-order valence-corrected chi connectivity index (χ1v) is 6.83. The number of benzene rings is 2. The summed E-state index contributed by atoms with van der Waals surface area (Å²) >= 11 is 0. The zero-order valence-electron chi connectivity index (χ0n) is 11.9. The molecule has 3 rings (SSSR count). The largest absolute Gasteiger partial charge is 0.346 e. The molecule has 1 heterocycles. The van der Waals surface area contributed by atoms with Crippen molar-refractivity contribution in [3.63, 3.8) is 0 Å². The Kier molecular flexibility index (Phi) is 4.09. The summed E-state index contributed by atoms with van der Waals surface area (Å²) in [5.74, 6) is -1.30. The highest BCUT2D eigenvalue weighted by molar-refractivity contribution is 5.91. The molecule has 116 valence electrons. The maximum absolute atomic E-state index is 13.5. The van der Waals surface area contributed by atoms with Crippen molar-refractivity contribution in [2.75, 3.05) is 0 Å². The van der Waals surface area contributed by atoms with Gasteiger partial charge in [0, 0.05) is 12.1 Å². The van der Waals surface area contributed by atoms with Crippen molar-refractivity contribution in [3.8, 4) is 5.69 Å². The fourth-order valence-corrected chi connectivity index (χ4v) is 2.02. The molecular formula is C16H12F2N4O. The molecule has 3 aromatic rings. The van der Waals surface area contributed by atoms with E-state index in [2.05, 4.69) is 15.6 Å². The highest BCUT2D eigenvalue weighted by atomic mass is 19.1. The summed E-state index contributed by atoms with van der Waals surface area (Å²) in [6.07, 6.45) is 1.38. The third-order valence-electron chi connectivity index (χ3n) is 3.20. The Hall–Kier alpha value is -3.09. The molecule has 0 saturated heterocycles. The number of halogens is 2. The minimum atomic E-state index is -0.490. The second kappa shape index (κ2) is 6.35. The number of hydrogen-bond donors (Lipinski definition) is 1. The Labute approximate surface area is 130 Å². The fourth-order valence-electron chi connectivity index (χ4n) is 2.02. The molecule has 0 aliphatic rings. The molecule has 0 spiro atoms. The van der Waals surface area contributed by atoms with Crippen molar-refractivity contribution >= 4 is 5.91 Å². The zero-order valence-corrected chi connectivity index (χ0v) is 11.9. The van der Waals surface area contributed by atoms with Crippen molar-refractivity contribution < 1.29 is 13.6 Å². The number of carbonyl (C=O) groups is 1. The number of amides is 1. The van der Waals surface area contributed by atoms with Crippen molar-refractivity contribution in [1.29, 1.82) is 0 Å². The van der Waals surface area contributed by atoms with Crippen molar-refractivity contribution in [2.45, 2.75) is 6.54 Å². The van der Waals surface area contributed by atoms with Gasteiger partial charge in [-0.2, -0.15) is 0 Å². The first kappa shape index (κ1) is 14.8. The molecule has 0 atom stereocenters. The molecule has 0 saturated carbocycles. The minimum Gasteiger partial charge on any atom is -0.346 e. The maximum Gasteiger partial charge on any atom is 0.273 e. The van der Waals surface area contributed by atoms with Gasteiger partial charge >= 0.3 is 0 Å². The van der Waals surface area contributed by atoms with E-state index in [1.54, 1.807) is 24.3 Å². The van der Waals surface area contributed by atoms with Gasteiger partial charge in [-0.25, -0.2) is 13.5 Å². The summed E-state index contributed by atoms with van der Waals surface area (Å²) in [6, 6.07) is 11.9. The summed E-state index contributed by atoms with van der Waals surface area (Å²) in [5, 5.41) is 10.1. The molecule has 0 fully saturated rings. The van der Waals surface area contributed by atoms with E-state index in [-0.39, 0.29) is 12.2 Å². The van der Waals surface area contributed by atoms with Crippen molar-refractivity contribution in [3.05, 3.63) is 77.6 Å². The van der Waals surface area contributed by atoms with Crippen LogP contribution in [0.2, 0.25) is 0 Å². The summed E-state index contributed by atoms with van der Waals surface area (Å²) in [5.41, 5.74) is 0.884. The van der Waals surface area contributed by atoms with Crippen LogP contribution < -0.4 is 5.32 Å². The average Bonchev–Trinajstić information content (AvgIpc) is 3.04. The van der Waals surface area contributed by atoms with Crippen LogP contribution in [-0.4, -0.2) is 20.9 Å². The molecule has 7 heteroatoms. The van der Waals surface area contributed by atoms with E-state index in [0.717, 1.165) is 0 Å². The second-order valence-electron chi connectivity index (χ2n) is 4.80. The Morgan fingerprint density at radius 3 is 2.74 bits per heavy atom. The van der Waals surface area contributed by atoms with Gasteiger partial charge in [-0.05, 0) is 24.3 Å². The second-order valence-corrected chi connectivity index (χ2v) is 4.80. The molecular weight excluding hydrogens is 302 g/mol. The van der Waals surface area contributed by atoms with Gasteiger partial charge in [-0.15, -0.1) is 5.10 Å². The zero-order chi connectivity index (χ0) is 16.2. The lowest BCUT2D eigenvalue weighted by molar-refractivity contribution is 0.0945. The van der Waals surface area contributed by atoms with Crippen LogP contribution in [0, 0.1) is 11.6 Å². The van der Waals surface area contributed by atoms with Gasteiger partial charge in [0.1, 0.15) is 11.6 Å². The number of carbonyl (C=O) groups excluding carboxylic acids is 1. The molecule has 1 amide bonds. The molecule has 5 nitrogen and oxygen atoms in total. The van der Waals surface area contributed by atoms with Gasteiger partial charge in [0.2, 0.25) is 0 Å². The van der Waals surface area contributed by atoms with Gasteiger partial charge in [0.25, 0.3) is 5.91 Å². The van der Waals surface area contributed by atoms with E-state index in [0.29, 0.717) is 11.3 Å². The van der Waals surface area contributed by atoms with Crippen LogP contribution in [0.3, 0.4) is 0 Å². The molecule has 23 heavy (non-hydrogen) atoms. The van der Waals surface area contributed by atoms with E-state index in [9.17, 15) is 13.6 Å². The van der Waals surface area contributed by atoms with Crippen LogP contribution in [-0.2, 0) is 6.54 Å². The Morgan fingerprint density at radius 2 is 1.96 bits per heavy atom. The van der Waals surface area contributed by atoms with Gasteiger partial charge in [0.05, 0.1) is 11.9 Å². The summed E-state index contributed by atoms with van der Waals surface area (Å²) in [4.78, 5) is 12.0. The lowest BCUT2D eigenvalue weighted by Gasteiger charge is -2.04. The number of hydrogen-bond acceptors (Lipinski definition) is 3. The SMILES string of the molecule is O=C(NCc1ccccc1F)c1cn(-c2cccc(F)c2)nn1. The maximum atomic E-state index is 13.5. The van der Waals surface area contributed by atoms with Gasteiger partial charge in [-0.1, -0.05) is 29.5 Å². The molecule has 2 aromatic carbocycles. The fraction of sp³-hybridized carbons (Fsp3) is 0.0625. The topological polar surface area (TPSA) is 59.8 Å². The number of nitrogens with zero attached hydrogens (tertiary/aromatic N) is 3. The predicted octanol–water partition coefficient (Wildman–Crippen LogP) is 2.48.